The molecule has 4 nitrogen and oxygen atoms in total. The van der Waals surface area contributed by atoms with Crippen molar-refractivity contribution >= 4 is 40.3 Å². The van der Waals surface area contributed by atoms with E-state index in [0.29, 0.717) is 29.0 Å². The second-order valence-electron chi connectivity index (χ2n) is 7.02. The van der Waals surface area contributed by atoms with Crippen molar-refractivity contribution < 1.29 is 14.3 Å². The molecular weight excluding hydrogens is 414 g/mol. The van der Waals surface area contributed by atoms with Crippen LogP contribution in [0.4, 0.5) is 0 Å². The number of rotatable bonds is 9. The van der Waals surface area contributed by atoms with E-state index in [0.717, 1.165) is 23.5 Å². The fourth-order valence-corrected chi connectivity index (χ4v) is 4.33. The molecule has 0 aliphatic carbocycles. The molecule has 1 aliphatic heterocycles. The van der Waals surface area contributed by atoms with Crippen LogP contribution in [0, 0.1) is 13.8 Å². The number of carbonyl (C=O) groups excluding carboxylic acids is 1. The van der Waals surface area contributed by atoms with E-state index in [9.17, 15) is 4.79 Å². The lowest BCUT2D eigenvalue weighted by Gasteiger charge is -2.10. The molecule has 3 rings (SSSR count). The highest BCUT2D eigenvalue weighted by Gasteiger charge is 2.30. The van der Waals surface area contributed by atoms with Gasteiger partial charge < -0.3 is 9.47 Å². The average Bonchev–Trinajstić information content (AvgIpc) is 2.96. The second-order valence-corrected chi connectivity index (χ2v) is 8.70. The van der Waals surface area contributed by atoms with Gasteiger partial charge in [0.15, 0.2) is 0 Å². The number of benzene rings is 2. The van der Waals surface area contributed by atoms with Crippen LogP contribution in [0.3, 0.4) is 0 Å². The first-order valence-corrected chi connectivity index (χ1v) is 11.0. The molecule has 1 aliphatic rings. The minimum absolute atomic E-state index is 0.0750. The molecule has 1 amide bonds. The molecule has 0 bridgehead atoms. The van der Waals surface area contributed by atoms with Gasteiger partial charge >= 0.3 is 0 Å². The van der Waals surface area contributed by atoms with Gasteiger partial charge in [-0.25, -0.2) is 0 Å². The highest BCUT2D eigenvalue weighted by atomic mass is 32.2. The summed E-state index contributed by atoms with van der Waals surface area (Å²) < 4.78 is 12.2. The number of thioether (sulfide) groups is 1. The Labute approximate surface area is 187 Å². The van der Waals surface area contributed by atoms with Gasteiger partial charge in [-0.15, -0.1) is 6.58 Å². The van der Waals surface area contributed by atoms with Crippen molar-refractivity contribution in [1.29, 1.82) is 0 Å². The number of nitrogens with zero attached hydrogens (tertiary/aromatic N) is 1. The highest BCUT2D eigenvalue weighted by molar-refractivity contribution is 8.26. The summed E-state index contributed by atoms with van der Waals surface area (Å²) in [7, 11) is 0. The lowest BCUT2D eigenvalue weighted by atomic mass is 10.1. The Morgan fingerprint density at radius 1 is 1.03 bits per heavy atom. The van der Waals surface area contributed by atoms with Gasteiger partial charge in [0, 0.05) is 13.0 Å². The van der Waals surface area contributed by atoms with Gasteiger partial charge in [0.1, 0.15) is 15.8 Å². The number of amides is 1. The molecule has 1 saturated heterocycles. The monoisotopic (exact) mass is 439 g/mol. The van der Waals surface area contributed by atoms with Crippen LogP contribution < -0.4 is 9.47 Å². The van der Waals surface area contributed by atoms with Crippen LogP contribution in [0.25, 0.3) is 6.08 Å². The molecule has 0 saturated carbocycles. The number of aryl methyl sites for hydroxylation is 2. The first-order chi connectivity index (χ1) is 14.5. The van der Waals surface area contributed by atoms with E-state index in [-0.39, 0.29) is 5.91 Å². The van der Waals surface area contributed by atoms with Crippen molar-refractivity contribution in [3.63, 3.8) is 0 Å². The van der Waals surface area contributed by atoms with Crippen LogP contribution in [0.1, 0.15) is 23.1 Å². The first-order valence-electron chi connectivity index (χ1n) is 9.76. The molecule has 0 unspecified atom stereocenters. The van der Waals surface area contributed by atoms with Gasteiger partial charge in [0.25, 0.3) is 5.91 Å². The van der Waals surface area contributed by atoms with E-state index in [1.165, 1.54) is 22.9 Å². The van der Waals surface area contributed by atoms with Crippen molar-refractivity contribution in [2.45, 2.75) is 20.3 Å². The van der Waals surface area contributed by atoms with Gasteiger partial charge in [0.05, 0.1) is 18.1 Å². The Hall–Kier alpha value is -2.57. The van der Waals surface area contributed by atoms with Gasteiger partial charge in [-0.2, -0.15) is 0 Å². The summed E-state index contributed by atoms with van der Waals surface area (Å²) in [5.74, 6) is 1.61. The molecule has 2 aromatic rings. The van der Waals surface area contributed by atoms with E-state index in [1.54, 1.807) is 11.0 Å². The number of hydrogen-bond acceptors (Lipinski definition) is 5. The molecule has 30 heavy (non-hydrogen) atoms. The third kappa shape index (κ3) is 5.97. The standard InChI is InChI=1S/C24H25NO3S2/c1-4-10-25-23(26)22(30-24(25)29)16-19-6-8-20(9-7-19)27-11-5-12-28-21-14-17(2)13-18(3)15-21/h4,6-9,13-16H,1,5,10-12H2,2-3H3. The summed E-state index contributed by atoms with van der Waals surface area (Å²) in [5.41, 5.74) is 3.33. The Morgan fingerprint density at radius 3 is 2.30 bits per heavy atom. The molecule has 156 valence electrons. The van der Waals surface area contributed by atoms with E-state index in [1.807, 2.05) is 42.5 Å². The fraction of sp³-hybridized carbons (Fsp3) is 0.250. The Morgan fingerprint density at radius 2 is 1.67 bits per heavy atom. The van der Waals surface area contributed by atoms with Crippen molar-refractivity contribution in [1.82, 2.24) is 4.90 Å². The number of hydrogen-bond donors (Lipinski definition) is 0. The SMILES string of the molecule is C=CCN1C(=O)C(=Cc2ccc(OCCCOc3cc(C)cc(C)c3)cc2)SC1=S. The molecule has 1 heterocycles. The van der Waals surface area contributed by atoms with Crippen LogP contribution >= 0.6 is 24.0 Å². The zero-order chi connectivity index (χ0) is 21.5. The third-order valence-electron chi connectivity index (χ3n) is 4.38. The summed E-state index contributed by atoms with van der Waals surface area (Å²) in [5, 5.41) is 0. The Balaban J connectivity index is 1.46. The maximum atomic E-state index is 12.4. The van der Waals surface area contributed by atoms with Crippen LogP contribution in [-0.4, -0.2) is 34.9 Å². The first kappa shape index (κ1) is 22.1. The van der Waals surface area contributed by atoms with E-state index >= 15 is 0 Å². The highest BCUT2D eigenvalue weighted by Crippen LogP contribution is 2.32. The van der Waals surface area contributed by atoms with E-state index < -0.39 is 0 Å². The Bertz CT molecular complexity index is 947. The van der Waals surface area contributed by atoms with Crippen LogP contribution in [0.2, 0.25) is 0 Å². The average molecular weight is 440 g/mol. The van der Waals surface area contributed by atoms with E-state index in [2.05, 4.69) is 26.5 Å². The van der Waals surface area contributed by atoms with Gasteiger partial charge in [-0.05, 0) is 60.9 Å². The maximum absolute atomic E-state index is 12.4. The Kier molecular flexibility index (Phi) is 7.71. The molecule has 0 atom stereocenters. The van der Waals surface area contributed by atoms with Crippen molar-refractivity contribution in [3.05, 3.63) is 76.7 Å². The summed E-state index contributed by atoms with van der Waals surface area (Å²) in [6.45, 7) is 9.41. The quantitative estimate of drug-likeness (QED) is 0.222. The fourth-order valence-electron chi connectivity index (χ4n) is 3.05. The zero-order valence-corrected chi connectivity index (χ0v) is 18.9. The third-order valence-corrected chi connectivity index (χ3v) is 5.76. The van der Waals surface area contributed by atoms with E-state index in [4.69, 9.17) is 21.7 Å². The smallest absolute Gasteiger partial charge is 0.266 e. The lowest BCUT2D eigenvalue weighted by Crippen LogP contribution is -2.27. The number of carbonyl (C=O) groups is 1. The molecule has 2 aromatic carbocycles. The van der Waals surface area contributed by atoms with Crippen molar-refractivity contribution in [3.8, 4) is 11.5 Å². The summed E-state index contributed by atoms with van der Waals surface area (Å²) in [6, 6.07) is 13.9. The minimum atomic E-state index is -0.0750. The zero-order valence-electron chi connectivity index (χ0n) is 17.2. The maximum Gasteiger partial charge on any atom is 0.266 e. The predicted molar refractivity (Wildman–Crippen MR) is 128 cm³/mol. The minimum Gasteiger partial charge on any atom is -0.493 e. The lowest BCUT2D eigenvalue weighted by molar-refractivity contribution is -0.121. The van der Waals surface area contributed by atoms with Gasteiger partial charge in [0.2, 0.25) is 0 Å². The van der Waals surface area contributed by atoms with Crippen molar-refractivity contribution in [2.75, 3.05) is 19.8 Å². The molecule has 1 fully saturated rings. The molecule has 0 aromatic heterocycles. The molecule has 0 radical (unpaired) electrons. The summed E-state index contributed by atoms with van der Waals surface area (Å²) >= 11 is 6.58. The molecule has 6 heteroatoms. The number of ether oxygens (including phenoxy) is 2. The molecule has 0 N–H and O–H groups in total. The van der Waals surface area contributed by atoms with Crippen LogP contribution in [0.15, 0.2) is 60.0 Å². The van der Waals surface area contributed by atoms with Gasteiger partial charge in [-0.1, -0.05) is 48.3 Å². The topological polar surface area (TPSA) is 38.8 Å². The van der Waals surface area contributed by atoms with Gasteiger partial charge in [-0.3, -0.25) is 9.69 Å². The normalized spacial score (nSPS) is 15.0. The van der Waals surface area contributed by atoms with Crippen LogP contribution in [-0.2, 0) is 4.79 Å². The summed E-state index contributed by atoms with van der Waals surface area (Å²) in [4.78, 5) is 14.6. The van der Waals surface area contributed by atoms with Crippen molar-refractivity contribution in [2.24, 2.45) is 0 Å². The number of thiocarbonyl (C=S) groups is 1. The molecule has 0 spiro atoms. The summed E-state index contributed by atoms with van der Waals surface area (Å²) in [6.07, 6.45) is 4.32. The predicted octanol–water partition coefficient (Wildman–Crippen LogP) is 5.54. The largest absolute Gasteiger partial charge is 0.493 e. The van der Waals surface area contributed by atoms with Crippen LogP contribution in [0.5, 0.6) is 11.5 Å². The second kappa shape index (κ2) is 10.5. The molecular formula is C24H25NO3S2.